The van der Waals surface area contributed by atoms with Gasteiger partial charge in [-0.1, -0.05) is 28.1 Å². The minimum atomic E-state index is -0.479. The molecule has 9 heteroatoms. The molecule has 3 N–H and O–H groups in total. The summed E-state index contributed by atoms with van der Waals surface area (Å²) in [5.41, 5.74) is 6.59. The molecule has 8 nitrogen and oxygen atoms in total. The van der Waals surface area contributed by atoms with Crippen molar-refractivity contribution in [2.24, 2.45) is 0 Å². The average molecular weight is 446 g/mol. The Hall–Kier alpha value is -3.07. The number of rotatable bonds is 7. The number of nitrogens with zero attached hydrogens (tertiary/aromatic N) is 2. The van der Waals surface area contributed by atoms with E-state index in [1.54, 1.807) is 18.5 Å². The van der Waals surface area contributed by atoms with Gasteiger partial charge in [0.05, 0.1) is 17.4 Å². The maximum absolute atomic E-state index is 11.7. The molecule has 146 valence electrons. The normalized spacial score (nSPS) is 10.5. The van der Waals surface area contributed by atoms with Crippen LogP contribution in [0.15, 0.2) is 59.3 Å². The number of hydrogen-bond acceptors (Lipinski definition) is 4. The summed E-state index contributed by atoms with van der Waals surface area (Å²) in [6.07, 6.45) is 2.52. The third-order valence-corrected chi connectivity index (χ3v) is 4.42. The van der Waals surface area contributed by atoms with E-state index in [1.165, 1.54) is 0 Å². The molecule has 0 aliphatic rings. The van der Waals surface area contributed by atoms with Crippen molar-refractivity contribution >= 4 is 38.9 Å². The molecule has 3 aromatic rings. The number of fused-ring (bicyclic) bond motifs is 1. The van der Waals surface area contributed by atoms with Gasteiger partial charge in [0, 0.05) is 17.6 Å². The van der Waals surface area contributed by atoms with E-state index in [2.05, 4.69) is 37.1 Å². The van der Waals surface area contributed by atoms with Gasteiger partial charge >= 0.3 is 6.03 Å². The first kappa shape index (κ1) is 19.7. The highest BCUT2D eigenvalue weighted by molar-refractivity contribution is 9.10. The zero-order chi connectivity index (χ0) is 19.8. The Morgan fingerprint density at radius 2 is 1.86 bits per heavy atom. The number of ether oxygens (including phenoxy) is 1. The SMILES string of the molecule is O=C(COc1ccc(Br)cc1)NNC(=O)NCCCn1cnc2ccccc21. The van der Waals surface area contributed by atoms with Crippen LogP contribution in [0.4, 0.5) is 4.79 Å². The highest BCUT2D eigenvalue weighted by atomic mass is 79.9. The maximum atomic E-state index is 11.7. The van der Waals surface area contributed by atoms with E-state index in [1.807, 2.05) is 41.0 Å². The summed E-state index contributed by atoms with van der Waals surface area (Å²) in [5, 5.41) is 2.68. The van der Waals surface area contributed by atoms with Crippen LogP contribution in [0.2, 0.25) is 0 Å². The Bertz CT molecular complexity index is 942. The number of aryl methyl sites for hydroxylation is 1. The number of aromatic nitrogens is 2. The molecule has 2 aromatic carbocycles. The Kier molecular flexibility index (Phi) is 6.85. The smallest absolute Gasteiger partial charge is 0.333 e. The van der Waals surface area contributed by atoms with Crippen molar-refractivity contribution < 1.29 is 14.3 Å². The van der Waals surface area contributed by atoms with Gasteiger partial charge in [0.25, 0.3) is 5.91 Å². The molecule has 0 saturated carbocycles. The Morgan fingerprint density at radius 3 is 2.68 bits per heavy atom. The first-order chi connectivity index (χ1) is 13.6. The molecule has 0 spiro atoms. The van der Waals surface area contributed by atoms with Crippen LogP contribution in [0.5, 0.6) is 5.75 Å². The molecule has 0 radical (unpaired) electrons. The molecule has 0 aliphatic carbocycles. The van der Waals surface area contributed by atoms with E-state index in [9.17, 15) is 9.59 Å². The van der Waals surface area contributed by atoms with Gasteiger partial charge in [0.1, 0.15) is 5.75 Å². The zero-order valence-corrected chi connectivity index (χ0v) is 16.6. The molecule has 28 heavy (non-hydrogen) atoms. The number of imidazole rings is 1. The van der Waals surface area contributed by atoms with Crippen LogP contribution < -0.4 is 20.9 Å². The first-order valence-corrected chi connectivity index (χ1v) is 9.52. The number of hydrazine groups is 1. The van der Waals surface area contributed by atoms with Crippen LogP contribution >= 0.6 is 15.9 Å². The predicted molar refractivity (Wildman–Crippen MR) is 109 cm³/mol. The Labute approximate surface area is 170 Å². The summed E-state index contributed by atoms with van der Waals surface area (Å²) in [4.78, 5) is 27.8. The number of carbonyl (C=O) groups is 2. The summed E-state index contributed by atoms with van der Waals surface area (Å²) < 4.78 is 8.27. The fourth-order valence-electron chi connectivity index (χ4n) is 2.53. The lowest BCUT2D eigenvalue weighted by atomic mass is 10.3. The molecule has 3 rings (SSSR count). The number of para-hydroxylation sites is 2. The van der Waals surface area contributed by atoms with Crippen molar-refractivity contribution in [1.29, 1.82) is 0 Å². The van der Waals surface area contributed by atoms with E-state index in [0.717, 1.165) is 28.5 Å². The molecule has 1 heterocycles. The van der Waals surface area contributed by atoms with E-state index in [0.29, 0.717) is 12.3 Å². The second-order valence-corrected chi connectivity index (χ2v) is 6.87. The summed E-state index contributed by atoms with van der Waals surface area (Å²) in [7, 11) is 0. The molecule has 3 amide bonds. The summed E-state index contributed by atoms with van der Waals surface area (Å²) in [5.74, 6) is 0.109. The van der Waals surface area contributed by atoms with Crippen molar-refractivity contribution in [1.82, 2.24) is 25.7 Å². The number of hydrogen-bond donors (Lipinski definition) is 3. The van der Waals surface area contributed by atoms with Gasteiger partial charge in [-0.2, -0.15) is 0 Å². The van der Waals surface area contributed by atoms with Crippen molar-refractivity contribution in [3.63, 3.8) is 0 Å². The van der Waals surface area contributed by atoms with Crippen LogP contribution in [-0.2, 0) is 11.3 Å². The molecular weight excluding hydrogens is 426 g/mol. The summed E-state index contributed by atoms with van der Waals surface area (Å²) >= 11 is 3.32. The van der Waals surface area contributed by atoms with E-state index in [-0.39, 0.29) is 6.61 Å². The maximum Gasteiger partial charge on any atom is 0.333 e. The predicted octanol–water partition coefficient (Wildman–Crippen LogP) is 2.60. The molecule has 0 bridgehead atoms. The third kappa shape index (κ3) is 5.71. The monoisotopic (exact) mass is 445 g/mol. The number of carbonyl (C=O) groups excluding carboxylic acids is 2. The van der Waals surface area contributed by atoms with Gasteiger partial charge in [-0.15, -0.1) is 0 Å². The number of amides is 3. The number of benzene rings is 2. The first-order valence-electron chi connectivity index (χ1n) is 8.73. The van der Waals surface area contributed by atoms with Crippen LogP contribution in [0, 0.1) is 0 Å². The number of halogens is 1. The van der Waals surface area contributed by atoms with E-state index < -0.39 is 11.9 Å². The van der Waals surface area contributed by atoms with Crippen molar-refractivity contribution in [2.45, 2.75) is 13.0 Å². The fourth-order valence-corrected chi connectivity index (χ4v) is 2.79. The standard InChI is InChI=1S/C19H20BrN5O3/c20-14-6-8-15(9-7-14)28-12-18(26)23-24-19(27)21-10-3-11-25-13-22-16-4-1-2-5-17(16)25/h1-2,4-9,13H,3,10-12H2,(H,23,26)(H2,21,24,27). The van der Waals surface area contributed by atoms with Crippen LogP contribution in [0.1, 0.15) is 6.42 Å². The quantitative estimate of drug-likeness (QED) is 0.384. The molecule has 0 aliphatic heterocycles. The Balaban J connectivity index is 1.30. The topological polar surface area (TPSA) is 97.3 Å². The largest absolute Gasteiger partial charge is 0.484 e. The van der Waals surface area contributed by atoms with Gasteiger partial charge in [-0.25, -0.2) is 15.2 Å². The van der Waals surface area contributed by atoms with Crippen molar-refractivity contribution in [2.75, 3.05) is 13.2 Å². The van der Waals surface area contributed by atoms with Gasteiger partial charge < -0.3 is 14.6 Å². The molecule has 0 fully saturated rings. The van der Waals surface area contributed by atoms with E-state index in [4.69, 9.17) is 4.74 Å². The number of urea groups is 1. The molecule has 0 unspecified atom stereocenters. The molecule has 0 saturated heterocycles. The lowest BCUT2D eigenvalue weighted by Gasteiger charge is -2.10. The summed E-state index contributed by atoms with van der Waals surface area (Å²) in [6, 6.07) is 14.5. The fraction of sp³-hybridized carbons (Fsp3) is 0.211. The minimum absolute atomic E-state index is 0.199. The second-order valence-electron chi connectivity index (χ2n) is 5.95. The second kappa shape index (κ2) is 9.75. The molecule has 0 atom stereocenters. The molecule has 1 aromatic heterocycles. The Morgan fingerprint density at radius 1 is 1.07 bits per heavy atom. The van der Waals surface area contributed by atoms with Crippen LogP contribution in [0.25, 0.3) is 11.0 Å². The van der Waals surface area contributed by atoms with Gasteiger partial charge in [-0.3, -0.25) is 10.2 Å². The van der Waals surface area contributed by atoms with Crippen molar-refractivity contribution in [3.05, 3.63) is 59.3 Å². The number of nitrogens with one attached hydrogen (secondary N) is 3. The zero-order valence-electron chi connectivity index (χ0n) is 15.0. The van der Waals surface area contributed by atoms with Gasteiger partial charge in [0.2, 0.25) is 0 Å². The minimum Gasteiger partial charge on any atom is -0.484 e. The van der Waals surface area contributed by atoms with Crippen molar-refractivity contribution in [3.8, 4) is 5.75 Å². The third-order valence-electron chi connectivity index (χ3n) is 3.89. The van der Waals surface area contributed by atoms with Crippen LogP contribution in [0.3, 0.4) is 0 Å². The van der Waals surface area contributed by atoms with Gasteiger partial charge in [0.15, 0.2) is 6.61 Å². The van der Waals surface area contributed by atoms with E-state index >= 15 is 0 Å². The average Bonchev–Trinajstić information content (AvgIpc) is 3.12. The molecular formula is C19H20BrN5O3. The lowest BCUT2D eigenvalue weighted by Crippen LogP contribution is -2.48. The highest BCUT2D eigenvalue weighted by Crippen LogP contribution is 2.15. The summed E-state index contributed by atoms with van der Waals surface area (Å²) in [6.45, 7) is 0.993. The van der Waals surface area contributed by atoms with Crippen LogP contribution in [-0.4, -0.2) is 34.6 Å². The lowest BCUT2D eigenvalue weighted by molar-refractivity contribution is -0.123. The van der Waals surface area contributed by atoms with Gasteiger partial charge in [-0.05, 0) is 42.8 Å². The highest BCUT2D eigenvalue weighted by Gasteiger charge is 2.06.